The molecule has 2 amide bonds. The fourth-order valence-electron chi connectivity index (χ4n) is 3.20. The van der Waals surface area contributed by atoms with Crippen molar-refractivity contribution in [1.82, 2.24) is 4.90 Å². The van der Waals surface area contributed by atoms with Gasteiger partial charge in [0.05, 0.1) is 0 Å². The summed E-state index contributed by atoms with van der Waals surface area (Å²) in [5, 5.41) is 0. The van der Waals surface area contributed by atoms with Gasteiger partial charge in [0, 0.05) is 12.2 Å². The first-order valence-corrected chi connectivity index (χ1v) is 6.90. The Hall–Kier alpha value is -1.91. The lowest BCUT2D eigenvalue weighted by Gasteiger charge is -2.41. The Balaban J connectivity index is 2.03. The second-order valence-corrected chi connectivity index (χ2v) is 5.56. The van der Waals surface area contributed by atoms with Gasteiger partial charge in [0.2, 0.25) is 5.91 Å². The standard InChI is InChI=1S/C15H17FN2O2/c1-9-6-11(16)8-12(7-9)18-10(2)14(19)17-5-3-4-13(17)15(18)20/h6-8,10,13H,3-5H2,1-2H3. The van der Waals surface area contributed by atoms with E-state index in [1.807, 2.05) is 0 Å². The van der Waals surface area contributed by atoms with Gasteiger partial charge < -0.3 is 4.90 Å². The summed E-state index contributed by atoms with van der Waals surface area (Å²) in [6.07, 6.45) is 1.55. The van der Waals surface area contributed by atoms with Gasteiger partial charge >= 0.3 is 0 Å². The van der Waals surface area contributed by atoms with Gasteiger partial charge in [-0.2, -0.15) is 0 Å². The molecule has 0 N–H and O–H groups in total. The summed E-state index contributed by atoms with van der Waals surface area (Å²) >= 11 is 0. The van der Waals surface area contributed by atoms with E-state index in [4.69, 9.17) is 0 Å². The van der Waals surface area contributed by atoms with Crippen molar-refractivity contribution in [2.75, 3.05) is 11.4 Å². The molecule has 0 saturated carbocycles. The van der Waals surface area contributed by atoms with Crippen molar-refractivity contribution < 1.29 is 14.0 Å². The largest absolute Gasteiger partial charge is 0.329 e. The Morgan fingerprint density at radius 1 is 1.20 bits per heavy atom. The van der Waals surface area contributed by atoms with Crippen LogP contribution in [0.5, 0.6) is 0 Å². The van der Waals surface area contributed by atoms with E-state index in [9.17, 15) is 14.0 Å². The summed E-state index contributed by atoms with van der Waals surface area (Å²) in [4.78, 5) is 28.1. The molecule has 0 bridgehead atoms. The zero-order valence-electron chi connectivity index (χ0n) is 11.6. The molecule has 0 radical (unpaired) electrons. The van der Waals surface area contributed by atoms with E-state index >= 15 is 0 Å². The second kappa shape index (κ2) is 4.58. The molecule has 2 fully saturated rings. The molecule has 2 atom stereocenters. The lowest BCUT2D eigenvalue weighted by atomic mass is 10.0. The van der Waals surface area contributed by atoms with E-state index in [0.717, 1.165) is 12.0 Å². The van der Waals surface area contributed by atoms with Crippen LogP contribution in [0.15, 0.2) is 18.2 Å². The van der Waals surface area contributed by atoms with Gasteiger partial charge in [-0.15, -0.1) is 0 Å². The van der Waals surface area contributed by atoms with Gasteiger partial charge in [0.1, 0.15) is 17.9 Å². The van der Waals surface area contributed by atoms with Gasteiger partial charge in [0.15, 0.2) is 0 Å². The van der Waals surface area contributed by atoms with E-state index in [1.165, 1.54) is 17.0 Å². The maximum Gasteiger partial charge on any atom is 0.250 e. The summed E-state index contributed by atoms with van der Waals surface area (Å²) in [5.74, 6) is -0.532. The number of hydrogen-bond donors (Lipinski definition) is 0. The van der Waals surface area contributed by atoms with Crippen molar-refractivity contribution in [1.29, 1.82) is 0 Å². The van der Waals surface area contributed by atoms with Crippen LogP contribution in [0.4, 0.5) is 10.1 Å². The molecule has 2 aliphatic rings. The molecule has 0 spiro atoms. The van der Waals surface area contributed by atoms with Crippen LogP contribution in [0, 0.1) is 12.7 Å². The maximum atomic E-state index is 13.6. The Bertz CT molecular complexity index is 567. The van der Waals surface area contributed by atoms with Crippen LogP contribution < -0.4 is 4.90 Å². The number of hydrogen-bond acceptors (Lipinski definition) is 2. The summed E-state index contributed by atoms with van der Waals surface area (Å²) in [7, 11) is 0. The first kappa shape index (κ1) is 13.1. The van der Waals surface area contributed by atoms with E-state index in [0.29, 0.717) is 18.7 Å². The number of rotatable bonds is 1. The normalized spacial score (nSPS) is 26.1. The number of aryl methyl sites for hydroxylation is 1. The number of piperazine rings is 1. The predicted molar refractivity (Wildman–Crippen MR) is 72.8 cm³/mol. The van der Waals surface area contributed by atoms with Crippen molar-refractivity contribution in [3.8, 4) is 0 Å². The van der Waals surface area contributed by atoms with E-state index in [1.54, 1.807) is 24.8 Å². The minimum Gasteiger partial charge on any atom is -0.329 e. The van der Waals surface area contributed by atoms with E-state index < -0.39 is 6.04 Å². The van der Waals surface area contributed by atoms with Crippen LogP contribution in [0.3, 0.4) is 0 Å². The van der Waals surface area contributed by atoms with Crippen molar-refractivity contribution in [2.24, 2.45) is 0 Å². The van der Waals surface area contributed by atoms with Crippen LogP contribution in [0.25, 0.3) is 0 Å². The fourth-order valence-corrected chi connectivity index (χ4v) is 3.20. The molecule has 0 aliphatic carbocycles. The molecular weight excluding hydrogens is 259 g/mol. The molecule has 3 rings (SSSR count). The molecule has 0 aromatic heterocycles. The molecule has 1 aromatic carbocycles. The number of amides is 2. The molecule has 2 heterocycles. The molecule has 2 unspecified atom stereocenters. The number of halogens is 1. The topological polar surface area (TPSA) is 40.6 Å². The summed E-state index contributed by atoms with van der Waals surface area (Å²) in [6.45, 7) is 4.12. The van der Waals surface area contributed by atoms with Gasteiger partial charge in [-0.25, -0.2) is 4.39 Å². The van der Waals surface area contributed by atoms with Gasteiger partial charge in [-0.05, 0) is 50.5 Å². The smallest absolute Gasteiger partial charge is 0.250 e. The minimum atomic E-state index is -0.571. The van der Waals surface area contributed by atoms with Crippen LogP contribution in [-0.4, -0.2) is 35.3 Å². The zero-order valence-corrected chi connectivity index (χ0v) is 11.6. The zero-order chi connectivity index (χ0) is 14.4. The number of fused-ring (bicyclic) bond motifs is 1. The highest BCUT2D eigenvalue weighted by Gasteiger charge is 2.46. The number of anilines is 1. The first-order valence-electron chi connectivity index (χ1n) is 6.90. The lowest BCUT2D eigenvalue weighted by Crippen LogP contribution is -2.62. The minimum absolute atomic E-state index is 0.0472. The lowest BCUT2D eigenvalue weighted by molar-refractivity contribution is -0.143. The highest BCUT2D eigenvalue weighted by molar-refractivity contribution is 6.08. The highest BCUT2D eigenvalue weighted by atomic mass is 19.1. The molecule has 5 heteroatoms. The first-order chi connectivity index (χ1) is 9.49. The SMILES string of the molecule is Cc1cc(F)cc(N2C(=O)C3CCCN3C(=O)C2C)c1. The van der Waals surface area contributed by atoms with Crippen LogP contribution in [0.1, 0.15) is 25.3 Å². The summed E-state index contributed by atoms with van der Waals surface area (Å²) < 4.78 is 13.6. The Labute approximate surface area is 117 Å². The Kier molecular flexibility index (Phi) is 3.00. The molecule has 1 aromatic rings. The van der Waals surface area contributed by atoms with Crippen molar-refractivity contribution >= 4 is 17.5 Å². The van der Waals surface area contributed by atoms with Gasteiger partial charge in [-0.1, -0.05) is 0 Å². The van der Waals surface area contributed by atoms with E-state index in [2.05, 4.69) is 0 Å². The average molecular weight is 276 g/mol. The average Bonchev–Trinajstić information content (AvgIpc) is 2.85. The third-order valence-electron chi connectivity index (χ3n) is 4.11. The van der Waals surface area contributed by atoms with Gasteiger partial charge in [0.25, 0.3) is 5.91 Å². The maximum absolute atomic E-state index is 13.6. The molecular formula is C15H17FN2O2. The quantitative estimate of drug-likeness (QED) is 0.785. The molecule has 20 heavy (non-hydrogen) atoms. The van der Waals surface area contributed by atoms with Crippen LogP contribution in [0.2, 0.25) is 0 Å². The molecule has 106 valence electrons. The number of carbonyl (C=O) groups is 2. The predicted octanol–water partition coefficient (Wildman–Crippen LogP) is 1.86. The summed E-state index contributed by atoms with van der Waals surface area (Å²) in [5.41, 5.74) is 1.21. The third-order valence-corrected chi connectivity index (χ3v) is 4.11. The molecule has 4 nitrogen and oxygen atoms in total. The number of benzene rings is 1. The van der Waals surface area contributed by atoms with Crippen LogP contribution in [-0.2, 0) is 9.59 Å². The fraction of sp³-hybridized carbons (Fsp3) is 0.467. The highest BCUT2D eigenvalue weighted by Crippen LogP contribution is 2.31. The number of carbonyl (C=O) groups excluding carboxylic acids is 2. The second-order valence-electron chi connectivity index (χ2n) is 5.56. The van der Waals surface area contributed by atoms with Crippen molar-refractivity contribution in [2.45, 2.75) is 38.8 Å². The van der Waals surface area contributed by atoms with E-state index in [-0.39, 0.29) is 23.7 Å². The summed E-state index contributed by atoms with van der Waals surface area (Å²) in [6, 6.07) is 3.53. The van der Waals surface area contributed by atoms with Crippen LogP contribution >= 0.6 is 0 Å². The van der Waals surface area contributed by atoms with Crippen molar-refractivity contribution in [3.05, 3.63) is 29.6 Å². The number of nitrogens with zero attached hydrogens (tertiary/aromatic N) is 2. The van der Waals surface area contributed by atoms with Crippen molar-refractivity contribution in [3.63, 3.8) is 0 Å². The third kappa shape index (κ3) is 1.88. The Morgan fingerprint density at radius 2 is 1.95 bits per heavy atom. The molecule has 2 aliphatic heterocycles. The monoisotopic (exact) mass is 276 g/mol. The molecule has 2 saturated heterocycles. The Morgan fingerprint density at radius 3 is 2.65 bits per heavy atom. The van der Waals surface area contributed by atoms with Gasteiger partial charge in [-0.3, -0.25) is 14.5 Å².